The highest BCUT2D eigenvalue weighted by Gasteiger charge is 2.32. The maximum atomic E-state index is 13.8. The molecule has 0 spiro atoms. The third-order valence-electron chi connectivity index (χ3n) is 2.43. The first-order valence-corrected chi connectivity index (χ1v) is 5.69. The van der Waals surface area contributed by atoms with Gasteiger partial charge in [0.05, 0.1) is 0 Å². The number of ether oxygens (including phenoxy) is 1. The Kier molecular flexibility index (Phi) is 3.97. The quantitative estimate of drug-likeness (QED) is 0.862. The molecule has 0 saturated carbocycles. The second-order valence-electron chi connectivity index (χ2n) is 4.17. The number of H-pyrrole nitrogens is 1. The van der Waals surface area contributed by atoms with Crippen LogP contribution in [-0.4, -0.2) is 16.6 Å². The van der Waals surface area contributed by atoms with Crippen LogP contribution in [0.2, 0.25) is 0 Å². The molecule has 0 aliphatic heterocycles. The summed E-state index contributed by atoms with van der Waals surface area (Å²) in [5.41, 5.74) is 0.692. The van der Waals surface area contributed by atoms with Gasteiger partial charge in [-0.25, -0.2) is 8.78 Å². The Morgan fingerprint density at radius 2 is 2.00 bits per heavy atom. The summed E-state index contributed by atoms with van der Waals surface area (Å²) in [6, 6.07) is 4.05. The summed E-state index contributed by atoms with van der Waals surface area (Å²) in [4.78, 5) is 0. The number of hydrogen-bond donors (Lipinski definition) is 1. The van der Waals surface area contributed by atoms with E-state index in [1.807, 2.05) is 0 Å². The van der Waals surface area contributed by atoms with Gasteiger partial charge in [0.2, 0.25) is 0 Å². The summed E-state index contributed by atoms with van der Waals surface area (Å²) in [6.45, 7) is 1.67. The Morgan fingerprint density at radius 3 is 2.52 bits per heavy atom. The van der Waals surface area contributed by atoms with E-state index in [2.05, 4.69) is 14.9 Å². The molecule has 1 heterocycles. The van der Waals surface area contributed by atoms with Crippen LogP contribution in [0.25, 0.3) is 11.9 Å². The summed E-state index contributed by atoms with van der Waals surface area (Å²) < 4.78 is 66.6. The molecule has 1 N–H and O–H groups in total. The molecular weight excluding hydrogens is 295 g/mol. The molecule has 0 saturated heterocycles. The first kappa shape index (κ1) is 15.0. The van der Waals surface area contributed by atoms with Crippen molar-refractivity contribution in [1.82, 2.24) is 10.2 Å². The van der Waals surface area contributed by atoms with Crippen molar-refractivity contribution in [3.8, 4) is 5.75 Å². The number of nitrogens with zero attached hydrogens (tertiary/aromatic N) is 1. The molecule has 0 fully saturated rings. The average molecular weight is 304 g/mol. The van der Waals surface area contributed by atoms with Gasteiger partial charge in [-0.2, -0.15) is 5.10 Å². The van der Waals surface area contributed by atoms with Gasteiger partial charge >= 0.3 is 6.36 Å². The van der Waals surface area contributed by atoms with Gasteiger partial charge in [0, 0.05) is 5.69 Å². The van der Waals surface area contributed by atoms with Crippen molar-refractivity contribution in [2.75, 3.05) is 0 Å². The Labute approximate surface area is 116 Å². The van der Waals surface area contributed by atoms with Crippen molar-refractivity contribution in [3.05, 3.63) is 47.0 Å². The molecule has 2 rings (SSSR count). The van der Waals surface area contributed by atoms with Crippen LogP contribution in [0.4, 0.5) is 22.0 Å². The minimum Gasteiger partial charge on any atom is -0.403 e. The molecule has 1 aromatic heterocycles. The number of hydrogen-bond acceptors (Lipinski definition) is 2. The van der Waals surface area contributed by atoms with E-state index in [4.69, 9.17) is 0 Å². The largest absolute Gasteiger partial charge is 0.573 e. The van der Waals surface area contributed by atoms with Gasteiger partial charge in [-0.3, -0.25) is 5.10 Å². The lowest BCUT2D eigenvalue weighted by Gasteiger charge is -2.09. The van der Waals surface area contributed by atoms with Gasteiger partial charge in [-0.05, 0) is 36.8 Å². The molecule has 0 aliphatic rings. The zero-order valence-electron chi connectivity index (χ0n) is 10.6. The molecular formula is C13H9F5N2O. The van der Waals surface area contributed by atoms with Gasteiger partial charge in [-0.15, -0.1) is 13.2 Å². The van der Waals surface area contributed by atoms with Gasteiger partial charge in [0.15, 0.2) is 17.4 Å². The highest BCUT2D eigenvalue weighted by atomic mass is 19.4. The highest BCUT2D eigenvalue weighted by Crippen LogP contribution is 2.27. The molecule has 0 aliphatic carbocycles. The van der Waals surface area contributed by atoms with E-state index in [-0.39, 0.29) is 11.3 Å². The Morgan fingerprint density at radius 1 is 1.29 bits per heavy atom. The predicted molar refractivity (Wildman–Crippen MR) is 65.4 cm³/mol. The molecule has 8 heteroatoms. The second-order valence-corrected chi connectivity index (χ2v) is 4.17. The minimum atomic E-state index is -4.99. The molecule has 112 valence electrons. The van der Waals surface area contributed by atoms with Crippen molar-refractivity contribution < 1.29 is 26.7 Å². The number of aryl methyl sites for hydroxylation is 1. The van der Waals surface area contributed by atoms with Crippen molar-refractivity contribution >= 4 is 11.9 Å². The fourth-order valence-corrected chi connectivity index (χ4v) is 1.57. The lowest BCUT2D eigenvalue weighted by atomic mass is 10.1. The van der Waals surface area contributed by atoms with Crippen LogP contribution in [-0.2, 0) is 0 Å². The minimum absolute atomic E-state index is 0.0172. The summed E-state index contributed by atoms with van der Waals surface area (Å²) in [5.74, 6) is -2.97. The standard InChI is InChI=1S/C13H9F5N2O/c1-7-4-11(20-19-7)9(14)5-8-2-3-12(10(15)6-8)21-13(16,17)18/h2-6H,1H3,(H,19,20). The summed E-state index contributed by atoms with van der Waals surface area (Å²) in [7, 11) is 0. The molecule has 0 atom stereocenters. The highest BCUT2D eigenvalue weighted by molar-refractivity contribution is 5.75. The molecule has 0 bridgehead atoms. The van der Waals surface area contributed by atoms with Crippen LogP contribution in [0.5, 0.6) is 5.75 Å². The normalized spacial score (nSPS) is 12.6. The topological polar surface area (TPSA) is 37.9 Å². The third-order valence-corrected chi connectivity index (χ3v) is 2.43. The lowest BCUT2D eigenvalue weighted by Crippen LogP contribution is -2.17. The van der Waals surface area contributed by atoms with Crippen LogP contribution < -0.4 is 4.74 Å². The molecule has 2 aromatic rings. The number of rotatable bonds is 3. The van der Waals surface area contributed by atoms with Crippen LogP contribution in [0.3, 0.4) is 0 Å². The van der Waals surface area contributed by atoms with Crippen LogP contribution in [0.15, 0.2) is 24.3 Å². The Balaban J connectivity index is 2.24. The van der Waals surface area contributed by atoms with Crippen LogP contribution in [0.1, 0.15) is 17.0 Å². The predicted octanol–water partition coefficient (Wildman–Crippen LogP) is 4.22. The summed E-state index contributed by atoms with van der Waals surface area (Å²) >= 11 is 0. The van der Waals surface area contributed by atoms with E-state index in [0.717, 1.165) is 24.3 Å². The van der Waals surface area contributed by atoms with Gasteiger partial charge < -0.3 is 4.74 Å². The van der Waals surface area contributed by atoms with Gasteiger partial charge in [-0.1, -0.05) is 6.07 Å². The molecule has 21 heavy (non-hydrogen) atoms. The Hall–Kier alpha value is -2.38. The number of aromatic amines is 1. The number of alkyl halides is 3. The van der Waals surface area contributed by atoms with Crippen LogP contribution >= 0.6 is 0 Å². The number of nitrogens with one attached hydrogen (secondary N) is 1. The summed E-state index contributed by atoms with van der Waals surface area (Å²) in [6.07, 6.45) is -4.04. The van der Waals surface area contributed by atoms with E-state index in [0.29, 0.717) is 5.69 Å². The molecule has 0 radical (unpaired) electrons. The molecule has 0 amide bonds. The second kappa shape index (κ2) is 5.55. The molecule has 0 unspecified atom stereocenters. The lowest BCUT2D eigenvalue weighted by molar-refractivity contribution is -0.275. The average Bonchev–Trinajstić information content (AvgIpc) is 2.78. The number of halogens is 5. The third kappa shape index (κ3) is 4.04. The van der Waals surface area contributed by atoms with E-state index in [1.165, 1.54) is 6.07 Å². The fourth-order valence-electron chi connectivity index (χ4n) is 1.57. The number of aromatic nitrogens is 2. The van der Waals surface area contributed by atoms with Crippen LogP contribution in [0, 0.1) is 12.7 Å². The monoisotopic (exact) mass is 304 g/mol. The van der Waals surface area contributed by atoms with E-state index in [1.54, 1.807) is 6.92 Å². The van der Waals surface area contributed by atoms with Gasteiger partial charge in [0.25, 0.3) is 0 Å². The summed E-state index contributed by atoms with van der Waals surface area (Å²) in [5, 5.41) is 6.20. The van der Waals surface area contributed by atoms with Gasteiger partial charge in [0.1, 0.15) is 5.69 Å². The maximum absolute atomic E-state index is 13.8. The van der Waals surface area contributed by atoms with Crippen molar-refractivity contribution in [3.63, 3.8) is 0 Å². The first-order chi connectivity index (χ1) is 9.74. The fraction of sp³-hybridized carbons (Fsp3) is 0.154. The smallest absolute Gasteiger partial charge is 0.403 e. The van der Waals surface area contributed by atoms with E-state index in [9.17, 15) is 22.0 Å². The van der Waals surface area contributed by atoms with Crippen molar-refractivity contribution in [2.24, 2.45) is 0 Å². The van der Waals surface area contributed by atoms with Crippen molar-refractivity contribution in [2.45, 2.75) is 13.3 Å². The van der Waals surface area contributed by atoms with E-state index < -0.39 is 23.8 Å². The maximum Gasteiger partial charge on any atom is 0.573 e. The zero-order valence-corrected chi connectivity index (χ0v) is 10.6. The van der Waals surface area contributed by atoms with E-state index >= 15 is 0 Å². The molecule has 1 aromatic carbocycles. The SMILES string of the molecule is Cc1cc(C(F)=Cc2ccc(OC(F)(F)F)c(F)c2)n[nH]1. The Bertz CT molecular complexity index is 675. The zero-order chi connectivity index (χ0) is 15.6. The number of benzene rings is 1. The molecule has 3 nitrogen and oxygen atoms in total. The van der Waals surface area contributed by atoms with Crippen molar-refractivity contribution in [1.29, 1.82) is 0 Å². The first-order valence-electron chi connectivity index (χ1n) is 5.69.